The third-order valence-corrected chi connectivity index (χ3v) is 5.93. The number of carboxylic acids is 1. The second-order valence-electron chi connectivity index (χ2n) is 9.25. The van der Waals surface area contributed by atoms with Crippen LogP contribution in [0.25, 0.3) is 0 Å². The fourth-order valence-corrected chi connectivity index (χ4v) is 3.93. The summed E-state index contributed by atoms with van der Waals surface area (Å²) in [6, 6.07) is 28.7. The first-order chi connectivity index (χ1) is 20.5. The van der Waals surface area contributed by atoms with Crippen LogP contribution in [0.1, 0.15) is 16.8 Å². The van der Waals surface area contributed by atoms with E-state index in [4.69, 9.17) is 14.6 Å². The Kier molecular flexibility index (Phi) is 11.9. The van der Waals surface area contributed by atoms with Crippen LogP contribution in [-0.4, -0.2) is 52.8 Å². The van der Waals surface area contributed by atoms with Gasteiger partial charge in [0, 0.05) is 30.4 Å². The number of benzene rings is 3. The van der Waals surface area contributed by atoms with Crippen molar-refractivity contribution in [3.8, 4) is 5.75 Å². The highest BCUT2D eigenvalue weighted by atomic mass is 19.4. The van der Waals surface area contributed by atoms with E-state index in [1.54, 1.807) is 7.11 Å². The van der Waals surface area contributed by atoms with Crippen molar-refractivity contribution >= 4 is 29.3 Å². The summed E-state index contributed by atoms with van der Waals surface area (Å²) in [6.07, 6.45) is -3.81. The number of amides is 1. The number of aliphatic carboxylic acids is 1. The van der Waals surface area contributed by atoms with E-state index in [-0.39, 0.29) is 5.91 Å². The van der Waals surface area contributed by atoms with E-state index in [9.17, 15) is 18.0 Å². The van der Waals surface area contributed by atoms with Gasteiger partial charge in [-0.25, -0.2) is 9.78 Å². The van der Waals surface area contributed by atoms with Gasteiger partial charge in [-0.05, 0) is 42.7 Å². The number of carbonyl (C=O) groups is 2. The molecule has 4 rings (SSSR count). The molecule has 0 saturated heterocycles. The Morgan fingerprint density at radius 2 is 1.53 bits per heavy atom. The first kappa shape index (κ1) is 32.4. The highest BCUT2D eigenvalue weighted by molar-refractivity contribution is 5.96. The zero-order valence-electron chi connectivity index (χ0n) is 23.6. The highest BCUT2D eigenvalue weighted by Gasteiger charge is 2.38. The largest absolute Gasteiger partial charge is 0.496 e. The predicted octanol–water partition coefficient (Wildman–Crippen LogP) is 5.74. The summed E-state index contributed by atoms with van der Waals surface area (Å²) < 4.78 is 37.2. The van der Waals surface area contributed by atoms with E-state index >= 15 is 0 Å². The number of hydrogen-bond donors (Lipinski definition) is 4. The zero-order chi connectivity index (χ0) is 31.2. The van der Waals surface area contributed by atoms with Crippen molar-refractivity contribution in [1.29, 1.82) is 0 Å². The van der Waals surface area contributed by atoms with Crippen LogP contribution in [0, 0.1) is 6.92 Å². The maximum absolute atomic E-state index is 13.2. The molecule has 1 aromatic heterocycles. The van der Waals surface area contributed by atoms with Crippen molar-refractivity contribution in [1.82, 2.24) is 9.97 Å². The van der Waals surface area contributed by atoms with Gasteiger partial charge in [0.05, 0.1) is 7.11 Å². The van der Waals surface area contributed by atoms with Gasteiger partial charge in [0.25, 0.3) is 0 Å². The van der Waals surface area contributed by atoms with Crippen molar-refractivity contribution in [2.45, 2.75) is 32.0 Å². The maximum atomic E-state index is 13.2. The Labute approximate surface area is 247 Å². The number of alkyl halides is 3. The number of hydrogen-bond acceptors (Lipinski definition) is 7. The summed E-state index contributed by atoms with van der Waals surface area (Å²) in [5, 5.41) is 16.8. The first-order valence-electron chi connectivity index (χ1n) is 13.2. The summed E-state index contributed by atoms with van der Waals surface area (Å²) in [7, 11) is 1.67. The number of halogens is 3. The number of rotatable bonds is 11. The van der Waals surface area contributed by atoms with Crippen LogP contribution in [0.3, 0.4) is 0 Å². The number of carbonyl (C=O) groups excluding carboxylic acids is 1. The van der Waals surface area contributed by atoms with E-state index in [2.05, 4.69) is 25.9 Å². The summed E-state index contributed by atoms with van der Waals surface area (Å²) in [6.45, 7) is 2.56. The number of methoxy groups -OCH3 is 1. The molecule has 1 amide bonds. The van der Waals surface area contributed by atoms with Crippen LogP contribution in [0.15, 0.2) is 91.0 Å². The van der Waals surface area contributed by atoms with Crippen LogP contribution < -0.4 is 20.7 Å². The molecule has 0 bridgehead atoms. The number of nitrogens with one attached hydrogen (secondary N) is 3. The molecule has 0 aliphatic carbocycles. The van der Waals surface area contributed by atoms with Crippen LogP contribution in [0.4, 0.5) is 30.6 Å². The minimum Gasteiger partial charge on any atom is -0.496 e. The molecule has 12 heteroatoms. The molecule has 0 aliphatic rings. The Balaban J connectivity index is 0.000000646. The Bertz CT molecular complexity index is 1470. The molecule has 0 radical (unpaired) electrons. The Morgan fingerprint density at radius 3 is 2.16 bits per heavy atom. The molecule has 4 N–H and O–H groups in total. The van der Waals surface area contributed by atoms with Crippen molar-refractivity contribution < 1.29 is 32.6 Å². The lowest BCUT2D eigenvalue weighted by atomic mass is 10.0. The van der Waals surface area contributed by atoms with E-state index in [1.807, 2.05) is 97.9 Å². The fourth-order valence-electron chi connectivity index (χ4n) is 3.93. The SMILES string of the molecule is COc1ccccc1CCNc1nc(C)cc(N[C@@H](Cc2ccccc2)C(=O)Nc2ccccc2)n1.O=C(O)C(F)(F)F. The lowest BCUT2D eigenvalue weighted by Crippen LogP contribution is -2.37. The molecule has 0 aliphatic heterocycles. The lowest BCUT2D eigenvalue weighted by molar-refractivity contribution is -0.192. The molecule has 0 saturated carbocycles. The molecule has 3 aromatic carbocycles. The molecule has 226 valence electrons. The molecule has 0 fully saturated rings. The van der Waals surface area contributed by atoms with Gasteiger partial charge in [0.1, 0.15) is 17.6 Å². The molecule has 0 spiro atoms. The molecule has 1 heterocycles. The topological polar surface area (TPSA) is 125 Å². The number of nitrogens with zero attached hydrogens (tertiary/aromatic N) is 2. The minimum atomic E-state index is -5.08. The minimum absolute atomic E-state index is 0.132. The predicted molar refractivity (Wildman–Crippen MR) is 158 cm³/mol. The molecular formula is C31H32F3N5O4. The van der Waals surface area contributed by atoms with Gasteiger partial charge in [-0.3, -0.25) is 4.79 Å². The van der Waals surface area contributed by atoms with Crippen LogP contribution >= 0.6 is 0 Å². The number of aryl methyl sites for hydroxylation is 1. The Morgan fingerprint density at radius 1 is 0.930 bits per heavy atom. The quantitative estimate of drug-likeness (QED) is 0.173. The highest BCUT2D eigenvalue weighted by Crippen LogP contribution is 2.19. The standard InChI is InChI=1S/C29H31N5O2.C2HF3O2/c1-21-19-27(34-29(31-21)30-18-17-23-13-9-10-16-26(23)36-2)33-25(20-22-11-5-3-6-12-22)28(35)32-24-14-7-4-8-15-24;3-2(4,5)1(6)7/h3-16,19,25H,17-18,20H2,1-2H3,(H,32,35)(H2,30,31,33,34);(H,6,7)/t25-;/m0./s1. The average molecular weight is 596 g/mol. The molecule has 1 atom stereocenters. The summed E-state index contributed by atoms with van der Waals surface area (Å²) >= 11 is 0. The normalized spacial score (nSPS) is 11.4. The smallest absolute Gasteiger partial charge is 0.490 e. The summed E-state index contributed by atoms with van der Waals surface area (Å²) in [5.74, 6) is -0.930. The van der Waals surface area contributed by atoms with Gasteiger partial charge in [-0.1, -0.05) is 66.7 Å². The van der Waals surface area contributed by atoms with Gasteiger partial charge in [-0.2, -0.15) is 18.2 Å². The second kappa shape index (κ2) is 15.8. The summed E-state index contributed by atoms with van der Waals surface area (Å²) in [4.78, 5) is 31.3. The van der Waals surface area contributed by atoms with E-state index in [0.717, 1.165) is 34.7 Å². The molecule has 0 unspecified atom stereocenters. The van der Waals surface area contributed by atoms with Gasteiger partial charge in [0.2, 0.25) is 11.9 Å². The van der Waals surface area contributed by atoms with Crippen molar-refractivity contribution in [3.05, 3.63) is 108 Å². The van der Waals surface area contributed by atoms with Gasteiger partial charge in [-0.15, -0.1) is 0 Å². The lowest BCUT2D eigenvalue weighted by Gasteiger charge is -2.20. The number of ether oxygens (including phenoxy) is 1. The fraction of sp³-hybridized carbons (Fsp3) is 0.226. The van der Waals surface area contributed by atoms with E-state index in [1.165, 1.54) is 0 Å². The van der Waals surface area contributed by atoms with Crippen LogP contribution in [0.2, 0.25) is 0 Å². The van der Waals surface area contributed by atoms with Crippen LogP contribution in [0.5, 0.6) is 5.75 Å². The zero-order valence-corrected chi connectivity index (χ0v) is 23.6. The van der Waals surface area contributed by atoms with Gasteiger partial charge in [0.15, 0.2) is 0 Å². The molecule has 4 aromatic rings. The van der Waals surface area contributed by atoms with E-state index in [0.29, 0.717) is 24.7 Å². The van der Waals surface area contributed by atoms with Crippen molar-refractivity contribution in [2.75, 3.05) is 29.6 Å². The number of para-hydroxylation sites is 2. The maximum Gasteiger partial charge on any atom is 0.490 e. The molecule has 9 nitrogen and oxygen atoms in total. The van der Waals surface area contributed by atoms with Crippen molar-refractivity contribution in [3.63, 3.8) is 0 Å². The van der Waals surface area contributed by atoms with Gasteiger partial charge >= 0.3 is 12.1 Å². The van der Waals surface area contributed by atoms with E-state index < -0.39 is 18.2 Å². The van der Waals surface area contributed by atoms with Crippen molar-refractivity contribution in [2.24, 2.45) is 0 Å². The monoisotopic (exact) mass is 595 g/mol. The molecule has 43 heavy (non-hydrogen) atoms. The number of anilines is 3. The third-order valence-electron chi connectivity index (χ3n) is 5.93. The number of aromatic nitrogens is 2. The van der Waals surface area contributed by atoms with Gasteiger partial charge < -0.3 is 25.8 Å². The molecular weight excluding hydrogens is 563 g/mol. The second-order valence-corrected chi connectivity index (χ2v) is 9.25. The van der Waals surface area contributed by atoms with Crippen LogP contribution in [-0.2, 0) is 22.4 Å². The summed E-state index contributed by atoms with van der Waals surface area (Å²) in [5.41, 5.74) is 3.72. The average Bonchev–Trinajstić information content (AvgIpc) is 2.98. The third kappa shape index (κ3) is 11.0. The number of carboxylic acid groups (broad SMARTS) is 1. The first-order valence-corrected chi connectivity index (χ1v) is 13.2. The Hall–Kier alpha value is -5.13.